The Morgan fingerprint density at radius 2 is 2.00 bits per heavy atom. The van der Waals surface area contributed by atoms with Crippen molar-refractivity contribution in [1.82, 2.24) is 9.55 Å². The van der Waals surface area contributed by atoms with Gasteiger partial charge in [0.05, 0.1) is 17.7 Å². The standard InChI is InChI=1S/C20H23N3O3S2/c1-6-23-19(25)16-11(2)12(3)27-18(16)22-20(23)28-13(4)17(24)21-14-7-9-15(26-5)10-8-14/h7-10,13H,6H2,1-5H3,(H,21,24)/t13-/m1/s1. The van der Waals surface area contributed by atoms with Crippen LogP contribution in [0.4, 0.5) is 5.69 Å². The number of ether oxygens (including phenoxy) is 1. The lowest BCUT2D eigenvalue weighted by Crippen LogP contribution is -2.26. The molecule has 28 heavy (non-hydrogen) atoms. The van der Waals surface area contributed by atoms with Gasteiger partial charge < -0.3 is 10.1 Å². The van der Waals surface area contributed by atoms with Crippen molar-refractivity contribution in [3.05, 3.63) is 45.1 Å². The van der Waals surface area contributed by atoms with Crippen LogP contribution in [-0.4, -0.2) is 27.8 Å². The number of hydrogen-bond donors (Lipinski definition) is 1. The van der Waals surface area contributed by atoms with Crippen molar-refractivity contribution in [2.45, 2.75) is 44.6 Å². The zero-order chi connectivity index (χ0) is 20.4. The Hall–Kier alpha value is -2.32. The molecule has 3 aromatic rings. The molecule has 8 heteroatoms. The van der Waals surface area contributed by atoms with Crippen molar-refractivity contribution in [2.75, 3.05) is 12.4 Å². The van der Waals surface area contributed by atoms with Crippen molar-refractivity contribution in [3.8, 4) is 5.75 Å². The molecule has 6 nitrogen and oxygen atoms in total. The largest absolute Gasteiger partial charge is 0.497 e. The molecule has 2 aromatic heterocycles. The number of nitrogens with zero attached hydrogens (tertiary/aromatic N) is 2. The number of rotatable bonds is 6. The normalized spacial score (nSPS) is 12.2. The van der Waals surface area contributed by atoms with Crippen molar-refractivity contribution in [2.24, 2.45) is 0 Å². The fraction of sp³-hybridized carbons (Fsp3) is 0.350. The summed E-state index contributed by atoms with van der Waals surface area (Å²) in [4.78, 5) is 32.0. The summed E-state index contributed by atoms with van der Waals surface area (Å²) in [5.74, 6) is 0.581. The molecule has 0 aliphatic carbocycles. The van der Waals surface area contributed by atoms with Crippen LogP contribution in [0.1, 0.15) is 24.3 Å². The lowest BCUT2D eigenvalue weighted by Gasteiger charge is -2.15. The monoisotopic (exact) mass is 417 g/mol. The summed E-state index contributed by atoms with van der Waals surface area (Å²) in [5, 5.41) is 3.73. The van der Waals surface area contributed by atoms with Gasteiger partial charge in [-0.3, -0.25) is 14.2 Å². The van der Waals surface area contributed by atoms with Crippen molar-refractivity contribution >= 4 is 44.9 Å². The minimum absolute atomic E-state index is 0.0420. The number of aromatic nitrogens is 2. The fourth-order valence-corrected chi connectivity index (χ4v) is 4.85. The molecular formula is C20H23N3O3S2. The Morgan fingerprint density at radius 1 is 1.32 bits per heavy atom. The first kappa shape index (κ1) is 20.4. The van der Waals surface area contributed by atoms with Crippen LogP contribution in [0.5, 0.6) is 5.75 Å². The highest BCUT2D eigenvalue weighted by molar-refractivity contribution is 8.00. The average molecular weight is 418 g/mol. The first-order valence-corrected chi connectivity index (χ1v) is 10.7. The molecule has 0 spiro atoms. The number of hydrogen-bond acceptors (Lipinski definition) is 6. The summed E-state index contributed by atoms with van der Waals surface area (Å²) in [5.41, 5.74) is 1.64. The second-order valence-corrected chi connectivity index (χ2v) is 8.90. The molecule has 0 bridgehead atoms. The van der Waals surface area contributed by atoms with Crippen LogP contribution < -0.4 is 15.6 Å². The summed E-state index contributed by atoms with van der Waals surface area (Å²) in [7, 11) is 1.60. The molecule has 0 aliphatic rings. The Kier molecular flexibility index (Phi) is 6.10. The van der Waals surface area contributed by atoms with Crippen molar-refractivity contribution in [1.29, 1.82) is 0 Å². The van der Waals surface area contributed by atoms with Crippen LogP contribution in [0.3, 0.4) is 0 Å². The summed E-state index contributed by atoms with van der Waals surface area (Å²) in [6.07, 6.45) is 0. The predicted octanol–water partition coefficient (Wildman–Crippen LogP) is 4.22. The Bertz CT molecular complexity index is 1070. The van der Waals surface area contributed by atoms with E-state index in [1.165, 1.54) is 23.1 Å². The summed E-state index contributed by atoms with van der Waals surface area (Å²) >= 11 is 2.81. The third-order valence-corrected chi connectivity index (χ3v) is 6.77. The maximum absolute atomic E-state index is 12.9. The molecular weight excluding hydrogens is 394 g/mol. The van der Waals surface area contributed by atoms with Crippen molar-refractivity contribution < 1.29 is 9.53 Å². The minimum Gasteiger partial charge on any atom is -0.497 e. The third-order valence-electron chi connectivity index (χ3n) is 4.58. The van der Waals surface area contributed by atoms with Gasteiger partial charge in [-0.1, -0.05) is 11.8 Å². The number of nitrogens with one attached hydrogen (secondary N) is 1. The van der Waals surface area contributed by atoms with E-state index in [2.05, 4.69) is 10.3 Å². The van der Waals surface area contributed by atoms with Gasteiger partial charge >= 0.3 is 0 Å². The van der Waals surface area contributed by atoms with Gasteiger partial charge in [0.2, 0.25) is 5.91 Å². The van der Waals surface area contributed by atoms with E-state index >= 15 is 0 Å². The summed E-state index contributed by atoms with van der Waals surface area (Å²) in [6, 6.07) is 7.16. The van der Waals surface area contributed by atoms with E-state index in [1.807, 2.05) is 27.7 Å². The molecule has 0 unspecified atom stereocenters. The van der Waals surface area contributed by atoms with Gasteiger partial charge in [0.1, 0.15) is 10.6 Å². The molecule has 1 atom stereocenters. The van der Waals surface area contributed by atoms with E-state index in [1.54, 1.807) is 35.9 Å². The van der Waals surface area contributed by atoms with E-state index in [0.29, 0.717) is 22.8 Å². The van der Waals surface area contributed by atoms with Gasteiger partial charge in [-0.25, -0.2) is 4.98 Å². The van der Waals surface area contributed by atoms with Crippen LogP contribution in [0.15, 0.2) is 34.2 Å². The van der Waals surface area contributed by atoms with Gasteiger partial charge in [-0.05, 0) is 57.5 Å². The molecule has 0 saturated heterocycles. The zero-order valence-electron chi connectivity index (χ0n) is 16.5. The van der Waals surface area contributed by atoms with Crippen LogP contribution >= 0.6 is 23.1 Å². The maximum Gasteiger partial charge on any atom is 0.263 e. The first-order valence-electron chi connectivity index (χ1n) is 8.97. The van der Waals surface area contributed by atoms with E-state index in [9.17, 15) is 9.59 Å². The SMILES string of the molecule is CCn1c(S[C@H](C)C(=O)Nc2ccc(OC)cc2)nc2sc(C)c(C)c2c1=O. The topological polar surface area (TPSA) is 73.2 Å². The smallest absolute Gasteiger partial charge is 0.263 e. The highest BCUT2D eigenvalue weighted by Crippen LogP contribution is 2.30. The van der Waals surface area contributed by atoms with E-state index < -0.39 is 5.25 Å². The lowest BCUT2D eigenvalue weighted by atomic mass is 10.2. The van der Waals surface area contributed by atoms with E-state index in [-0.39, 0.29) is 11.5 Å². The number of aryl methyl sites for hydroxylation is 2. The number of anilines is 1. The number of carbonyl (C=O) groups is 1. The second kappa shape index (κ2) is 8.36. The van der Waals surface area contributed by atoms with Gasteiger partial charge in [-0.2, -0.15) is 0 Å². The Balaban J connectivity index is 1.84. The Labute approximate surface area is 171 Å². The third kappa shape index (κ3) is 3.93. The number of thiophene rings is 1. The molecule has 0 fully saturated rings. The lowest BCUT2D eigenvalue weighted by molar-refractivity contribution is -0.115. The molecule has 3 rings (SSSR count). The van der Waals surface area contributed by atoms with Crippen LogP contribution in [0.25, 0.3) is 10.2 Å². The number of amides is 1. The molecule has 2 heterocycles. The number of fused-ring (bicyclic) bond motifs is 1. The number of carbonyl (C=O) groups excluding carboxylic acids is 1. The highest BCUT2D eigenvalue weighted by Gasteiger charge is 2.21. The molecule has 0 aliphatic heterocycles. The number of thioether (sulfide) groups is 1. The first-order chi connectivity index (χ1) is 13.3. The fourth-order valence-electron chi connectivity index (χ4n) is 2.81. The van der Waals surface area contributed by atoms with E-state index in [4.69, 9.17) is 4.74 Å². The molecule has 1 aromatic carbocycles. The van der Waals surface area contributed by atoms with E-state index in [0.717, 1.165) is 21.0 Å². The predicted molar refractivity (Wildman–Crippen MR) is 116 cm³/mol. The van der Waals surface area contributed by atoms with Gasteiger partial charge in [0, 0.05) is 17.1 Å². The van der Waals surface area contributed by atoms with Gasteiger partial charge in [-0.15, -0.1) is 11.3 Å². The van der Waals surface area contributed by atoms with Crippen molar-refractivity contribution in [3.63, 3.8) is 0 Å². The van der Waals surface area contributed by atoms with Crippen LogP contribution in [-0.2, 0) is 11.3 Å². The molecule has 0 radical (unpaired) electrons. The summed E-state index contributed by atoms with van der Waals surface area (Å²) < 4.78 is 6.77. The number of methoxy groups -OCH3 is 1. The summed E-state index contributed by atoms with van der Waals surface area (Å²) in [6.45, 7) is 8.18. The van der Waals surface area contributed by atoms with Crippen LogP contribution in [0.2, 0.25) is 0 Å². The zero-order valence-corrected chi connectivity index (χ0v) is 18.2. The molecule has 148 valence electrons. The van der Waals surface area contributed by atoms with Gasteiger partial charge in [0.25, 0.3) is 5.56 Å². The molecule has 1 amide bonds. The maximum atomic E-state index is 12.9. The second-order valence-electron chi connectivity index (χ2n) is 6.39. The van der Waals surface area contributed by atoms with Crippen LogP contribution in [0, 0.1) is 13.8 Å². The molecule has 1 N–H and O–H groups in total. The quantitative estimate of drug-likeness (QED) is 0.480. The Morgan fingerprint density at radius 3 is 2.61 bits per heavy atom. The molecule has 0 saturated carbocycles. The number of benzene rings is 1. The highest BCUT2D eigenvalue weighted by atomic mass is 32.2. The minimum atomic E-state index is -0.411. The van der Waals surface area contributed by atoms with Gasteiger partial charge in [0.15, 0.2) is 5.16 Å². The average Bonchev–Trinajstić information content (AvgIpc) is 2.96.